The lowest BCUT2D eigenvalue weighted by Crippen LogP contribution is -2.22. The Balaban J connectivity index is 1.46. The standard InChI is InChI=1S/C22H23N5O2S/c1-29-20-8-3-2-7-19(20)25-22(23)26-21-12-9-16(14-24-21)15-5-4-6-17(13-15)27-30(28)18-10-11-18/h2-9,12-14,18,27H,10-11H2,1H3,(H3,23,24,25,26). The lowest BCUT2D eigenvalue weighted by atomic mass is 10.1. The van der Waals surface area contributed by atoms with E-state index in [-0.39, 0.29) is 11.2 Å². The van der Waals surface area contributed by atoms with E-state index >= 15 is 0 Å². The van der Waals surface area contributed by atoms with Crippen molar-refractivity contribution in [1.29, 1.82) is 0 Å². The van der Waals surface area contributed by atoms with Gasteiger partial charge in [0.05, 0.1) is 18.0 Å². The molecule has 154 valence electrons. The molecule has 1 aliphatic rings. The Hall–Kier alpha value is -3.39. The molecule has 0 saturated heterocycles. The van der Waals surface area contributed by atoms with Crippen molar-refractivity contribution in [1.82, 2.24) is 4.98 Å². The second-order valence-corrected chi connectivity index (χ2v) is 8.37. The Morgan fingerprint density at radius 1 is 1.13 bits per heavy atom. The van der Waals surface area contributed by atoms with E-state index in [0.717, 1.165) is 35.3 Å². The van der Waals surface area contributed by atoms with Gasteiger partial charge in [0.1, 0.15) is 16.7 Å². The highest BCUT2D eigenvalue weighted by Crippen LogP contribution is 2.29. The molecule has 4 N–H and O–H groups in total. The van der Waals surface area contributed by atoms with Crippen LogP contribution in [-0.2, 0) is 11.0 Å². The van der Waals surface area contributed by atoms with E-state index in [4.69, 9.17) is 10.5 Å². The summed E-state index contributed by atoms with van der Waals surface area (Å²) in [5.41, 5.74) is 9.50. The van der Waals surface area contributed by atoms with Gasteiger partial charge in [0.25, 0.3) is 0 Å². The van der Waals surface area contributed by atoms with E-state index in [1.807, 2.05) is 54.6 Å². The summed E-state index contributed by atoms with van der Waals surface area (Å²) in [5.74, 6) is 1.38. The second kappa shape index (κ2) is 8.96. The zero-order valence-corrected chi connectivity index (χ0v) is 17.4. The van der Waals surface area contributed by atoms with Gasteiger partial charge in [0, 0.05) is 17.4 Å². The molecule has 7 nitrogen and oxygen atoms in total. The van der Waals surface area contributed by atoms with E-state index in [0.29, 0.717) is 11.6 Å². The van der Waals surface area contributed by atoms with Crippen LogP contribution in [0.4, 0.5) is 17.2 Å². The van der Waals surface area contributed by atoms with Crippen molar-refractivity contribution in [2.75, 3.05) is 17.1 Å². The van der Waals surface area contributed by atoms with Crippen LogP contribution in [0.1, 0.15) is 12.8 Å². The van der Waals surface area contributed by atoms with E-state index in [2.05, 4.69) is 20.0 Å². The molecule has 2 aromatic carbocycles. The summed E-state index contributed by atoms with van der Waals surface area (Å²) in [6.45, 7) is 0. The molecule has 0 radical (unpaired) electrons. The molecule has 1 heterocycles. The maximum Gasteiger partial charge on any atom is 0.199 e. The predicted octanol–water partition coefficient (Wildman–Crippen LogP) is 4.05. The fourth-order valence-electron chi connectivity index (χ4n) is 2.90. The number of aliphatic imine (C=N–C) groups is 1. The number of hydrogen-bond acceptors (Lipinski definition) is 4. The third-order valence-corrected chi connectivity index (χ3v) is 6.11. The number of nitrogens with one attached hydrogen (secondary N) is 2. The summed E-state index contributed by atoms with van der Waals surface area (Å²) >= 11 is 0. The van der Waals surface area contributed by atoms with Crippen LogP contribution in [0.5, 0.6) is 5.75 Å². The fraction of sp³-hybridized carbons (Fsp3) is 0.182. The van der Waals surface area contributed by atoms with Gasteiger partial charge < -0.3 is 20.5 Å². The van der Waals surface area contributed by atoms with Crippen LogP contribution >= 0.6 is 0 Å². The SMILES string of the molecule is COc1ccccc1NC(N)=Nc1ccc(-c2cccc(NS(=O)C3CC3)c2)cn1. The Morgan fingerprint density at radius 2 is 1.97 bits per heavy atom. The lowest BCUT2D eigenvalue weighted by molar-refractivity contribution is 0.417. The zero-order valence-electron chi connectivity index (χ0n) is 16.5. The van der Waals surface area contributed by atoms with Gasteiger partial charge in [-0.15, -0.1) is 0 Å². The third-order valence-electron chi connectivity index (χ3n) is 4.59. The van der Waals surface area contributed by atoms with Gasteiger partial charge in [0.15, 0.2) is 11.8 Å². The molecule has 0 spiro atoms. The minimum atomic E-state index is -1.02. The Bertz CT molecular complexity index is 1080. The third kappa shape index (κ3) is 4.96. The lowest BCUT2D eigenvalue weighted by Gasteiger charge is -2.10. The second-order valence-electron chi connectivity index (χ2n) is 6.91. The molecule has 30 heavy (non-hydrogen) atoms. The number of methoxy groups -OCH3 is 1. The largest absolute Gasteiger partial charge is 0.495 e. The first-order chi connectivity index (χ1) is 14.6. The van der Waals surface area contributed by atoms with Gasteiger partial charge in [-0.3, -0.25) is 0 Å². The molecule has 1 unspecified atom stereocenters. The Kier molecular flexibility index (Phi) is 5.94. The fourth-order valence-corrected chi connectivity index (χ4v) is 3.99. The molecule has 1 atom stereocenters. The smallest absolute Gasteiger partial charge is 0.199 e. The van der Waals surface area contributed by atoms with Crippen LogP contribution in [-0.4, -0.2) is 27.5 Å². The molecule has 0 bridgehead atoms. The molecule has 0 amide bonds. The molecule has 1 saturated carbocycles. The number of ether oxygens (including phenoxy) is 1. The molecule has 1 fully saturated rings. The van der Waals surface area contributed by atoms with Crippen molar-refractivity contribution in [2.45, 2.75) is 18.1 Å². The summed E-state index contributed by atoms with van der Waals surface area (Å²) < 4.78 is 20.5. The average Bonchev–Trinajstić information content (AvgIpc) is 3.60. The highest BCUT2D eigenvalue weighted by Gasteiger charge is 2.28. The number of guanidine groups is 1. The Morgan fingerprint density at radius 3 is 2.70 bits per heavy atom. The molecule has 8 heteroatoms. The minimum Gasteiger partial charge on any atom is -0.495 e. The number of benzene rings is 2. The van der Waals surface area contributed by atoms with E-state index in [1.54, 1.807) is 19.4 Å². The molecule has 4 rings (SSSR count). The van der Waals surface area contributed by atoms with Crippen molar-refractivity contribution in [2.24, 2.45) is 10.7 Å². The average molecular weight is 422 g/mol. The van der Waals surface area contributed by atoms with Gasteiger partial charge in [-0.25, -0.2) is 9.19 Å². The van der Waals surface area contributed by atoms with Crippen LogP contribution in [0.25, 0.3) is 11.1 Å². The number of hydrogen-bond donors (Lipinski definition) is 3. The van der Waals surface area contributed by atoms with E-state index in [9.17, 15) is 4.21 Å². The predicted molar refractivity (Wildman–Crippen MR) is 122 cm³/mol. The number of pyridine rings is 1. The van der Waals surface area contributed by atoms with Crippen molar-refractivity contribution >= 4 is 34.1 Å². The summed E-state index contributed by atoms with van der Waals surface area (Å²) in [6, 6.07) is 19.0. The van der Waals surface area contributed by atoms with Gasteiger partial charge in [-0.2, -0.15) is 4.99 Å². The quantitative estimate of drug-likeness (QED) is 0.395. The summed E-state index contributed by atoms with van der Waals surface area (Å²) in [7, 11) is 0.580. The van der Waals surface area contributed by atoms with Crippen molar-refractivity contribution in [3.8, 4) is 16.9 Å². The zero-order chi connectivity index (χ0) is 20.9. The van der Waals surface area contributed by atoms with Crippen molar-refractivity contribution in [3.63, 3.8) is 0 Å². The Labute approximate surface area is 178 Å². The molecule has 1 aliphatic carbocycles. The maximum absolute atomic E-state index is 12.1. The van der Waals surface area contributed by atoms with Gasteiger partial charge in [-0.1, -0.05) is 24.3 Å². The first-order valence-electron chi connectivity index (χ1n) is 9.60. The molecule has 3 aromatic rings. The number of aromatic nitrogens is 1. The highest BCUT2D eigenvalue weighted by atomic mass is 32.2. The normalized spacial score (nSPS) is 14.8. The number of anilines is 2. The molecule has 0 aliphatic heterocycles. The monoisotopic (exact) mass is 421 g/mol. The van der Waals surface area contributed by atoms with Crippen LogP contribution < -0.4 is 20.5 Å². The first-order valence-corrected chi connectivity index (χ1v) is 10.8. The number of nitrogens with two attached hydrogens (primary N) is 1. The van der Waals surface area contributed by atoms with Crippen molar-refractivity contribution < 1.29 is 8.95 Å². The van der Waals surface area contributed by atoms with Gasteiger partial charge in [-0.05, 0) is 54.8 Å². The summed E-state index contributed by atoms with van der Waals surface area (Å²) in [6.07, 6.45) is 3.80. The van der Waals surface area contributed by atoms with E-state index < -0.39 is 11.0 Å². The first kappa shape index (κ1) is 19.9. The minimum absolute atomic E-state index is 0.216. The molecule has 1 aromatic heterocycles. The van der Waals surface area contributed by atoms with Crippen LogP contribution in [0.2, 0.25) is 0 Å². The number of rotatable bonds is 7. The highest BCUT2D eigenvalue weighted by molar-refractivity contribution is 7.87. The van der Waals surface area contributed by atoms with Gasteiger partial charge >= 0.3 is 0 Å². The van der Waals surface area contributed by atoms with Crippen LogP contribution in [0.15, 0.2) is 71.9 Å². The van der Waals surface area contributed by atoms with Crippen LogP contribution in [0.3, 0.4) is 0 Å². The molecular formula is C22H23N5O2S. The van der Waals surface area contributed by atoms with E-state index in [1.165, 1.54) is 0 Å². The molecular weight excluding hydrogens is 398 g/mol. The van der Waals surface area contributed by atoms with Crippen LogP contribution in [0, 0.1) is 0 Å². The number of para-hydroxylation sites is 2. The topological polar surface area (TPSA) is 102 Å². The summed E-state index contributed by atoms with van der Waals surface area (Å²) in [5, 5.41) is 3.30. The number of nitrogens with zero attached hydrogens (tertiary/aromatic N) is 2. The van der Waals surface area contributed by atoms with Gasteiger partial charge in [0.2, 0.25) is 0 Å². The van der Waals surface area contributed by atoms with Crippen molar-refractivity contribution in [3.05, 3.63) is 66.9 Å². The summed E-state index contributed by atoms with van der Waals surface area (Å²) in [4.78, 5) is 8.70. The maximum atomic E-state index is 12.1.